The second-order valence-electron chi connectivity index (χ2n) is 5.24. The Balaban J connectivity index is 1.95. The molecule has 1 heterocycles. The van der Waals surface area contributed by atoms with Crippen LogP contribution >= 0.6 is 0 Å². The number of hydrogen-bond acceptors (Lipinski definition) is 3. The second-order valence-corrected chi connectivity index (χ2v) is 5.24. The lowest BCUT2D eigenvalue weighted by Gasteiger charge is -2.28. The van der Waals surface area contributed by atoms with E-state index in [1.165, 1.54) is 6.92 Å². The first-order valence-electron chi connectivity index (χ1n) is 6.98. The maximum absolute atomic E-state index is 12.2. The molecule has 0 bridgehead atoms. The van der Waals surface area contributed by atoms with Crippen molar-refractivity contribution in [3.8, 4) is 0 Å². The van der Waals surface area contributed by atoms with Gasteiger partial charge in [-0.05, 0) is 50.6 Å². The molecule has 1 fully saturated rings. The molecule has 5 nitrogen and oxygen atoms in total. The fourth-order valence-corrected chi connectivity index (χ4v) is 2.48. The molecule has 1 aliphatic rings. The van der Waals surface area contributed by atoms with Crippen molar-refractivity contribution in [2.75, 3.05) is 17.2 Å². The van der Waals surface area contributed by atoms with Crippen LogP contribution < -0.4 is 16.0 Å². The standard InChI is InChI=1S/C15H21N3O2/c1-10-14(4-3-9-16-10)15(20)18-13-7-5-12(6-8-13)17-11(2)19/h5-8,10,14,16H,3-4,9H2,1-2H3,(H,17,19)(H,18,20). The third kappa shape index (κ3) is 3.81. The highest BCUT2D eigenvalue weighted by atomic mass is 16.2. The van der Waals surface area contributed by atoms with E-state index in [4.69, 9.17) is 0 Å². The van der Waals surface area contributed by atoms with Crippen LogP contribution in [0.4, 0.5) is 11.4 Å². The minimum atomic E-state index is -0.108. The van der Waals surface area contributed by atoms with Gasteiger partial charge >= 0.3 is 0 Å². The van der Waals surface area contributed by atoms with Gasteiger partial charge < -0.3 is 16.0 Å². The van der Waals surface area contributed by atoms with Gasteiger partial charge in [0.1, 0.15) is 0 Å². The summed E-state index contributed by atoms with van der Waals surface area (Å²) in [6.07, 6.45) is 1.95. The van der Waals surface area contributed by atoms with E-state index in [9.17, 15) is 9.59 Å². The number of rotatable bonds is 3. The first kappa shape index (κ1) is 14.5. The van der Waals surface area contributed by atoms with Crippen molar-refractivity contribution in [2.45, 2.75) is 32.7 Å². The van der Waals surface area contributed by atoms with Crippen LogP contribution in [0.25, 0.3) is 0 Å². The number of nitrogens with one attached hydrogen (secondary N) is 3. The predicted molar refractivity (Wildman–Crippen MR) is 79.6 cm³/mol. The van der Waals surface area contributed by atoms with E-state index in [-0.39, 0.29) is 23.8 Å². The van der Waals surface area contributed by atoms with Crippen molar-refractivity contribution in [2.24, 2.45) is 5.92 Å². The average molecular weight is 275 g/mol. The molecule has 0 saturated carbocycles. The predicted octanol–water partition coefficient (Wildman–Crippen LogP) is 1.97. The number of carbonyl (C=O) groups excluding carboxylic acids is 2. The minimum absolute atomic E-state index is 0.0128. The van der Waals surface area contributed by atoms with Crippen LogP contribution in [-0.2, 0) is 9.59 Å². The lowest BCUT2D eigenvalue weighted by Crippen LogP contribution is -2.44. The van der Waals surface area contributed by atoms with Gasteiger partial charge in [-0.15, -0.1) is 0 Å². The van der Waals surface area contributed by atoms with Crippen LogP contribution in [0, 0.1) is 5.92 Å². The molecule has 0 radical (unpaired) electrons. The molecule has 0 aliphatic carbocycles. The van der Waals surface area contributed by atoms with E-state index in [2.05, 4.69) is 16.0 Å². The third-order valence-corrected chi connectivity index (χ3v) is 3.57. The summed E-state index contributed by atoms with van der Waals surface area (Å²) in [6.45, 7) is 4.49. The van der Waals surface area contributed by atoms with Crippen LogP contribution in [-0.4, -0.2) is 24.4 Å². The largest absolute Gasteiger partial charge is 0.326 e. The summed E-state index contributed by atoms with van der Waals surface area (Å²) >= 11 is 0. The molecule has 2 amide bonds. The second kappa shape index (κ2) is 6.52. The van der Waals surface area contributed by atoms with Crippen LogP contribution in [0.2, 0.25) is 0 Å². The Bertz CT molecular complexity index is 484. The van der Waals surface area contributed by atoms with E-state index < -0.39 is 0 Å². The summed E-state index contributed by atoms with van der Waals surface area (Å²) in [5.74, 6) is -0.0420. The van der Waals surface area contributed by atoms with Crippen LogP contribution in [0.1, 0.15) is 26.7 Å². The zero-order valence-electron chi connectivity index (χ0n) is 11.9. The monoisotopic (exact) mass is 275 g/mol. The van der Waals surface area contributed by atoms with Gasteiger partial charge in [-0.3, -0.25) is 9.59 Å². The first-order valence-corrected chi connectivity index (χ1v) is 6.98. The molecule has 0 spiro atoms. The molecule has 1 aliphatic heterocycles. The first-order chi connectivity index (χ1) is 9.56. The maximum Gasteiger partial charge on any atom is 0.229 e. The van der Waals surface area contributed by atoms with Crippen molar-refractivity contribution < 1.29 is 9.59 Å². The molecule has 0 aromatic heterocycles. The van der Waals surface area contributed by atoms with Gasteiger partial charge in [-0.2, -0.15) is 0 Å². The Morgan fingerprint density at radius 2 is 1.75 bits per heavy atom. The molecule has 108 valence electrons. The lowest BCUT2D eigenvalue weighted by atomic mass is 9.91. The van der Waals surface area contributed by atoms with Crippen molar-refractivity contribution >= 4 is 23.2 Å². The molecular formula is C15H21N3O2. The average Bonchev–Trinajstić information content (AvgIpc) is 2.41. The molecule has 20 heavy (non-hydrogen) atoms. The summed E-state index contributed by atoms with van der Waals surface area (Å²) in [4.78, 5) is 23.2. The van der Waals surface area contributed by atoms with E-state index in [0.717, 1.165) is 30.8 Å². The quantitative estimate of drug-likeness (QED) is 0.790. The molecule has 1 aromatic carbocycles. The summed E-state index contributed by atoms with van der Waals surface area (Å²) in [5.41, 5.74) is 1.48. The molecule has 3 N–H and O–H groups in total. The number of benzene rings is 1. The van der Waals surface area contributed by atoms with E-state index in [1.54, 1.807) is 24.3 Å². The SMILES string of the molecule is CC(=O)Nc1ccc(NC(=O)C2CCCNC2C)cc1. The molecule has 2 rings (SSSR count). The molecule has 2 unspecified atom stereocenters. The van der Waals surface area contributed by atoms with E-state index in [1.807, 2.05) is 6.92 Å². The Hall–Kier alpha value is -1.88. The van der Waals surface area contributed by atoms with Crippen LogP contribution in [0.5, 0.6) is 0 Å². The van der Waals surface area contributed by atoms with Crippen LogP contribution in [0.3, 0.4) is 0 Å². The Kier molecular flexibility index (Phi) is 4.74. The van der Waals surface area contributed by atoms with Gasteiger partial charge in [0.15, 0.2) is 0 Å². The zero-order valence-corrected chi connectivity index (χ0v) is 11.9. The summed E-state index contributed by atoms with van der Waals surface area (Å²) in [6, 6.07) is 7.36. The minimum Gasteiger partial charge on any atom is -0.326 e. The Morgan fingerprint density at radius 1 is 1.15 bits per heavy atom. The number of anilines is 2. The number of carbonyl (C=O) groups is 2. The smallest absolute Gasteiger partial charge is 0.229 e. The van der Waals surface area contributed by atoms with Gasteiger partial charge in [-0.1, -0.05) is 0 Å². The van der Waals surface area contributed by atoms with E-state index >= 15 is 0 Å². The summed E-state index contributed by atoms with van der Waals surface area (Å²) in [7, 11) is 0. The molecular weight excluding hydrogens is 254 g/mol. The highest BCUT2D eigenvalue weighted by Crippen LogP contribution is 2.20. The highest BCUT2D eigenvalue weighted by molar-refractivity contribution is 5.94. The topological polar surface area (TPSA) is 70.2 Å². The fourth-order valence-electron chi connectivity index (χ4n) is 2.48. The molecule has 2 atom stereocenters. The lowest BCUT2D eigenvalue weighted by molar-refractivity contribution is -0.121. The normalized spacial score (nSPS) is 22.1. The summed E-state index contributed by atoms with van der Waals surface area (Å²) < 4.78 is 0. The van der Waals surface area contributed by atoms with Gasteiger partial charge in [0, 0.05) is 24.3 Å². The summed E-state index contributed by atoms with van der Waals surface area (Å²) in [5, 5.41) is 8.95. The van der Waals surface area contributed by atoms with Crippen molar-refractivity contribution in [3.63, 3.8) is 0 Å². The molecule has 5 heteroatoms. The Labute approximate surface area is 119 Å². The number of piperidine rings is 1. The van der Waals surface area contributed by atoms with Gasteiger partial charge in [-0.25, -0.2) is 0 Å². The van der Waals surface area contributed by atoms with Crippen molar-refractivity contribution in [3.05, 3.63) is 24.3 Å². The van der Waals surface area contributed by atoms with Crippen LogP contribution in [0.15, 0.2) is 24.3 Å². The van der Waals surface area contributed by atoms with Crippen molar-refractivity contribution in [1.29, 1.82) is 0 Å². The zero-order chi connectivity index (χ0) is 14.5. The van der Waals surface area contributed by atoms with Gasteiger partial charge in [0.2, 0.25) is 11.8 Å². The van der Waals surface area contributed by atoms with Gasteiger partial charge in [0.25, 0.3) is 0 Å². The highest BCUT2D eigenvalue weighted by Gasteiger charge is 2.27. The molecule has 1 saturated heterocycles. The van der Waals surface area contributed by atoms with Crippen molar-refractivity contribution in [1.82, 2.24) is 5.32 Å². The van der Waals surface area contributed by atoms with Gasteiger partial charge in [0.05, 0.1) is 5.92 Å². The number of hydrogen-bond donors (Lipinski definition) is 3. The number of amides is 2. The third-order valence-electron chi connectivity index (χ3n) is 3.57. The Morgan fingerprint density at radius 3 is 2.30 bits per heavy atom. The fraction of sp³-hybridized carbons (Fsp3) is 0.467. The molecule has 1 aromatic rings. The van der Waals surface area contributed by atoms with E-state index in [0.29, 0.717) is 0 Å². The maximum atomic E-state index is 12.2.